The van der Waals surface area contributed by atoms with Gasteiger partial charge >= 0.3 is 6.09 Å². The minimum absolute atomic E-state index is 0.212. The normalized spacial score (nSPS) is 19.0. The largest absolute Gasteiger partial charge is 0.465 e. The zero-order valence-electron chi connectivity index (χ0n) is 18.0. The number of halogens is 1. The second-order valence-corrected chi connectivity index (χ2v) is 8.96. The molecule has 2 aromatic carbocycles. The third-order valence-electron chi connectivity index (χ3n) is 6.38. The van der Waals surface area contributed by atoms with Crippen LogP contribution < -0.4 is 5.32 Å². The van der Waals surface area contributed by atoms with E-state index < -0.39 is 18.0 Å². The van der Waals surface area contributed by atoms with Crippen molar-refractivity contribution in [2.45, 2.75) is 51.2 Å². The van der Waals surface area contributed by atoms with E-state index in [1.165, 1.54) is 6.07 Å². The highest BCUT2D eigenvalue weighted by Gasteiger charge is 2.37. The summed E-state index contributed by atoms with van der Waals surface area (Å²) in [6.45, 7) is 4.69. The van der Waals surface area contributed by atoms with Crippen LogP contribution in [0.1, 0.15) is 54.1 Å². The molecule has 7 heteroatoms. The number of carbonyl (C=O) groups is 2. The van der Waals surface area contributed by atoms with Gasteiger partial charge in [-0.1, -0.05) is 32.0 Å². The summed E-state index contributed by atoms with van der Waals surface area (Å²) in [6, 6.07) is 7.72. The molecule has 0 bridgehead atoms. The monoisotopic (exact) mass is 426 g/mol. The molecule has 2 aromatic rings. The van der Waals surface area contributed by atoms with Gasteiger partial charge in [-0.2, -0.15) is 0 Å². The first-order chi connectivity index (χ1) is 14.7. The van der Waals surface area contributed by atoms with Crippen molar-refractivity contribution in [1.82, 2.24) is 4.90 Å². The number of amides is 2. The van der Waals surface area contributed by atoms with Gasteiger partial charge in [0.25, 0.3) is 5.91 Å². The van der Waals surface area contributed by atoms with Gasteiger partial charge in [0, 0.05) is 19.3 Å². The zero-order valence-corrected chi connectivity index (χ0v) is 18.0. The predicted octanol–water partition coefficient (Wildman–Crippen LogP) is 4.41. The number of nitrogens with one attached hydrogen (secondary N) is 1. The summed E-state index contributed by atoms with van der Waals surface area (Å²) in [5.74, 6) is -0.821. The third kappa shape index (κ3) is 3.90. The average molecular weight is 426 g/mol. The van der Waals surface area contributed by atoms with Gasteiger partial charge in [-0.25, -0.2) is 9.18 Å². The number of ether oxygens (including phenoxy) is 1. The molecule has 1 atom stereocenters. The van der Waals surface area contributed by atoms with Gasteiger partial charge in [0.2, 0.25) is 0 Å². The first-order valence-corrected chi connectivity index (χ1v) is 10.5. The molecule has 6 nitrogen and oxygen atoms in total. The lowest BCUT2D eigenvalue weighted by Gasteiger charge is -2.34. The number of fused-ring (bicyclic) bond motifs is 2. The highest BCUT2D eigenvalue weighted by molar-refractivity contribution is 5.97. The fraction of sp³-hybridized carbons (Fsp3) is 0.417. The van der Waals surface area contributed by atoms with Crippen LogP contribution in [0.4, 0.5) is 14.9 Å². The molecule has 2 amide bonds. The van der Waals surface area contributed by atoms with Crippen molar-refractivity contribution in [2.24, 2.45) is 0 Å². The van der Waals surface area contributed by atoms with Crippen molar-refractivity contribution in [2.75, 3.05) is 19.0 Å². The fourth-order valence-corrected chi connectivity index (χ4v) is 4.90. The van der Waals surface area contributed by atoms with Crippen LogP contribution >= 0.6 is 0 Å². The van der Waals surface area contributed by atoms with Gasteiger partial charge < -0.3 is 15.2 Å². The van der Waals surface area contributed by atoms with Crippen LogP contribution in [0.5, 0.6) is 0 Å². The Labute approximate surface area is 181 Å². The van der Waals surface area contributed by atoms with Gasteiger partial charge in [-0.3, -0.25) is 9.69 Å². The Kier molecular flexibility index (Phi) is 5.47. The zero-order chi connectivity index (χ0) is 22.3. The molecule has 4 rings (SSSR count). The van der Waals surface area contributed by atoms with Crippen LogP contribution in [0, 0.1) is 5.82 Å². The SMILES string of the molecule is COCc1ccc2c(c1)CCN(C(=O)O)C2C(=O)Nc1cc(F)c2c(c1)CCC2(C)C. The van der Waals surface area contributed by atoms with Crippen LogP contribution in [-0.2, 0) is 34.4 Å². The lowest BCUT2D eigenvalue weighted by molar-refractivity contribution is -0.121. The van der Waals surface area contributed by atoms with Crippen LogP contribution in [0.25, 0.3) is 0 Å². The first kappa shape index (κ1) is 21.3. The van der Waals surface area contributed by atoms with Gasteiger partial charge in [0.1, 0.15) is 11.9 Å². The highest BCUT2D eigenvalue weighted by atomic mass is 19.1. The number of nitrogens with zero attached hydrogens (tertiary/aromatic N) is 1. The summed E-state index contributed by atoms with van der Waals surface area (Å²) < 4.78 is 20.0. The van der Waals surface area contributed by atoms with Crippen molar-refractivity contribution >= 4 is 17.7 Å². The molecular weight excluding hydrogens is 399 g/mol. The number of rotatable bonds is 4. The molecule has 1 heterocycles. The second-order valence-electron chi connectivity index (χ2n) is 8.96. The summed E-state index contributed by atoms with van der Waals surface area (Å²) in [5, 5.41) is 12.4. The minimum atomic E-state index is -1.16. The maximum absolute atomic E-state index is 14.8. The predicted molar refractivity (Wildman–Crippen MR) is 115 cm³/mol. The Morgan fingerprint density at radius 2 is 2.00 bits per heavy atom. The van der Waals surface area contributed by atoms with Gasteiger partial charge in [-0.05, 0) is 64.6 Å². The molecule has 1 aliphatic carbocycles. The third-order valence-corrected chi connectivity index (χ3v) is 6.38. The fourth-order valence-electron chi connectivity index (χ4n) is 4.90. The topological polar surface area (TPSA) is 78.9 Å². The number of aryl methyl sites for hydroxylation is 1. The molecule has 2 aliphatic rings. The smallest absolute Gasteiger partial charge is 0.408 e. The molecule has 164 valence electrons. The number of anilines is 1. The molecule has 1 unspecified atom stereocenters. The van der Waals surface area contributed by atoms with Gasteiger partial charge in [0.05, 0.1) is 6.61 Å². The summed E-state index contributed by atoms with van der Waals surface area (Å²) in [6.07, 6.45) is 0.960. The lowest BCUT2D eigenvalue weighted by Crippen LogP contribution is -2.44. The van der Waals surface area contributed by atoms with Crippen molar-refractivity contribution < 1.29 is 23.8 Å². The van der Waals surface area contributed by atoms with E-state index in [-0.39, 0.29) is 17.8 Å². The summed E-state index contributed by atoms with van der Waals surface area (Å²) in [4.78, 5) is 26.2. The number of carboxylic acid groups (broad SMARTS) is 1. The second kappa shape index (κ2) is 7.96. The Hall–Kier alpha value is -2.93. The summed E-state index contributed by atoms with van der Waals surface area (Å²) in [7, 11) is 1.61. The number of benzene rings is 2. The molecule has 0 radical (unpaired) electrons. The Morgan fingerprint density at radius 3 is 2.71 bits per heavy atom. The number of carbonyl (C=O) groups excluding carboxylic acids is 1. The quantitative estimate of drug-likeness (QED) is 0.759. The lowest BCUT2D eigenvalue weighted by atomic mass is 9.86. The van der Waals surface area contributed by atoms with E-state index in [2.05, 4.69) is 5.32 Å². The van der Waals surface area contributed by atoms with Crippen molar-refractivity contribution in [1.29, 1.82) is 0 Å². The van der Waals surface area contributed by atoms with E-state index in [4.69, 9.17) is 4.74 Å². The summed E-state index contributed by atoms with van der Waals surface area (Å²) >= 11 is 0. The maximum atomic E-state index is 14.8. The van der Waals surface area contributed by atoms with Gasteiger partial charge in [0.15, 0.2) is 0 Å². The molecule has 0 saturated heterocycles. The minimum Gasteiger partial charge on any atom is -0.465 e. The molecular formula is C24H27FN2O4. The first-order valence-electron chi connectivity index (χ1n) is 10.5. The van der Waals surface area contributed by atoms with Gasteiger partial charge in [-0.15, -0.1) is 0 Å². The Morgan fingerprint density at radius 1 is 1.23 bits per heavy atom. The van der Waals surface area contributed by atoms with Crippen LogP contribution in [0.15, 0.2) is 30.3 Å². The molecule has 31 heavy (non-hydrogen) atoms. The summed E-state index contributed by atoms with van der Waals surface area (Å²) in [5.41, 5.74) is 4.25. The number of hydrogen-bond donors (Lipinski definition) is 2. The van der Waals surface area contributed by atoms with Crippen LogP contribution in [0.2, 0.25) is 0 Å². The molecule has 0 spiro atoms. The van der Waals surface area contributed by atoms with E-state index >= 15 is 0 Å². The van der Waals surface area contributed by atoms with E-state index in [1.807, 2.05) is 32.0 Å². The molecule has 0 saturated carbocycles. The van der Waals surface area contributed by atoms with Crippen LogP contribution in [0.3, 0.4) is 0 Å². The van der Waals surface area contributed by atoms with Crippen molar-refractivity contribution in [3.05, 3.63) is 64.0 Å². The standard InChI is InChI=1S/C24H27FN2O4/c1-24(2)8-6-16-11-17(12-19(25)20(16)24)26-22(28)21-18-5-4-14(13-31-3)10-15(18)7-9-27(21)23(29)30/h4-5,10-12,21H,6-9,13H2,1-3H3,(H,26,28)(H,29,30). The maximum Gasteiger partial charge on any atom is 0.408 e. The molecule has 0 fully saturated rings. The Balaban J connectivity index is 1.66. The average Bonchev–Trinajstić information content (AvgIpc) is 3.01. The highest BCUT2D eigenvalue weighted by Crippen LogP contribution is 2.41. The van der Waals surface area contributed by atoms with Crippen LogP contribution in [-0.4, -0.2) is 35.7 Å². The van der Waals surface area contributed by atoms with Crippen molar-refractivity contribution in [3.8, 4) is 0 Å². The van der Waals surface area contributed by atoms with E-state index in [0.717, 1.165) is 34.4 Å². The molecule has 1 aliphatic heterocycles. The number of methoxy groups -OCH3 is 1. The van der Waals surface area contributed by atoms with E-state index in [9.17, 15) is 19.1 Å². The van der Waals surface area contributed by atoms with E-state index in [1.54, 1.807) is 13.2 Å². The van der Waals surface area contributed by atoms with Crippen molar-refractivity contribution in [3.63, 3.8) is 0 Å². The molecule has 0 aromatic heterocycles. The Bertz CT molecular complexity index is 1050. The van der Waals surface area contributed by atoms with E-state index in [0.29, 0.717) is 29.8 Å². The molecule has 2 N–H and O–H groups in total. The number of hydrogen-bond acceptors (Lipinski definition) is 3.